The van der Waals surface area contributed by atoms with Crippen molar-refractivity contribution in [2.45, 2.75) is 20.3 Å². The molecule has 0 aliphatic heterocycles. The third kappa shape index (κ3) is 4.28. The second-order valence-corrected chi connectivity index (χ2v) is 6.12. The van der Waals surface area contributed by atoms with Crippen molar-refractivity contribution in [2.75, 3.05) is 11.4 Å². The number of hydrogen-bond acceptors (Lipinski definition) is 4. The van der Waals surface area contributed by atoms with Crippen molar-refractivity contribution in [3.63, 3.8) is 0 Å². The second-order valence-electron chi connectivity index (χ2n) is 6.12. The van der Waals surface area contributed by atoms with Crippen molar-refractivity contribution >= 4 is 28.5 Å². The van der Waals surface area contributed by atoms with Gasteiger partial charge in [0.05, 0.1) is 5.69 Å². The zero-order chi connectivity index (χ0) is 19.4. The van der Waals surface area contributed by atoms with Gasteiger partial charge in [0.15, 0.2) is 0 Å². The lowest BCUT2D eigenvalue weighted by atomic mass is 10.1. The Morgan fingerprint density at radius 2 is 1.81 bits per heavy atom. The Morgan fingerprint density at radius 3 is 2.48 bits per heavy atom. The lowest BCUT2D eigenvalue weighted by Crippen LogP contribution is -2.30. The summed E-state index contributed by atoms with van der Waals surface area (Å²) in [5, 5.41) is 0.595. The zero-order valence-corrected chi connectivity index (χ0v) is 15.1. The summed E-state index contributed by atoms with van der Waals surface area (Å²) in [6, 6.07) is 13.5. The predicted octanol–water partition coefficient (Wildman–Crippen LogP) is 3.89. The third-order valence-electron chi connectivity index (χ3n) is 4.18. The van der Waals surface area contributed by atoms with E-state index in [1.165, 1.54) is 26.1 Å². The van der Waals surface area contributed by atoms with Crippen molar-refractivity contribution in [1.29, 1.82) is 0 Å². The maximum Gasteiger partial charge on any atom is 0.308 e. The number of rotatable bonds is 5. The third-order valence-corrected chi connectivity index (χ3v) is 4.18. The Morgan fingerprint density at radius 1 is 1.07 bits per heavy atom. The van der Waals surface area contributed by atoms with Crippen LogP contribution in [0.25, 0.3) is 10.9 Å². The van der Waals surface area contributed by atoms with E-state index in [9.17, 15) is 14.0 Å². The monoisotopic (exact) mass is 366 g/mol. The second kappa shape index (κ2) is 7.95. The molecule has 5 nitrogen and oxygen atoms in total. The first-order valence-electron chi connectivity index (χ1n) is 8.54. The number of benzene rings is 2. The fourth-order valence-electron chi connectivity index (χ4n) is 2.94. The van der Waals surface area contributed by atoms with E-state index in [4.69, 9.17) is 4.74 Å². The van der Waals surface area contributed by atoms with Crippen LogP contribution in [0.1, 0.15) is 19.4 Å². The van der Waals surface area contributed by atoms with E-state index in [0.717, 1.165) is 5.56 Å². The summed E-state index contributed by atoms with van der Waals surface area (Å²) in [6.07, 6.45) is 2.10. The molecule has 3 aromatic rings. The molecular formula is C21H19FN2O3. The Labute approximate surface area is 156 Å². The van der Waals surface area contributed by atoms with Gasteiger partial charge in [0.2, 0.25) is 5.91 Å². The van der Waals surface area contributed by atoms with Crippen LogP contribution in [0, 0.1) is 5.82 Å². The molecule has 3 rings (SSSR count). The highest BCUT2D eigenvalue weighted by Crippen LogP contribution is 2.27. The molecule has 2 aromatic carbocycles. The molecule has 1 aromatic heterocycles. The molecule has 0 bridgehead atoms. The van der Waals surface area contributed by atoms with E-state index in [1.54, 1.807) is 35.2 Å². The van der Waals surface area contributed by atoms with Gasteiger partial charge in [0.1, 0.15) is 17.1 Å². The Kier molecular flexibility index (Phi) is 5.45. The number of nitrogens with zero attached hydrogens (tertiary/aromatic N) is 2. The topological polar surface area (TPSA) is 59.5 Å². The van der Waals surface area contributed by atoms with Crippen molar-refractivity contribution in [3.8, 4) is 5.75 Å². The number of esters is 1. The fraction of sp³-hybridized carbons (Fsp3) is 0.190. The van der Waals surface area contributed by atoms with E-state index in [-0.39, 0.29) is 17.4 Å². The largest absolute Gasteiger partial charge is 0.427 e. The highest BCUT2D eigenvalue weighted by Gasteiger charge is 2.16. The van der Waals surface area contributed by atoms with Crippen molar-refractivity contribution in [1.82, 2.24) is 4.98 Å². The molecule has 6 heteroatoms. The maximum atomic E-state index is 14.0. The number of pyridine rings is 1. The summed E-state index contributed by atoms with van der Waals surface area (Å²) < 4.78 is 19.0. The van der Waals surface area contributed by atoms with Crippen molar-refractivity contribution in [3.05, 3.63) is 66.1 Å². The van der Waals surface area contributed by atoms with Crippen molar-refractivity contribution < 1.29 is 18.7 Å². The summed E-state index contributed by atoms with van der Waals surface area (Å²) in [5.41, 5.74) is 1.86. The highest BCUT2D eigenvalue weighted by atomic mass is 19.1. The highest BCUT2D eigenvalue weighted by molar-refractivity contribution is 6.01. The van der Waals surface area contributed by atoms with Crippen LogP contribution >= 0.6 is 0 Å². The molecule has 0 radical (unpaired) electrons. The summed E-state index contributed by atoms with van der Waals surface area (Å²) in [5.74, 6) is -0.449. The Hall–Kier alpha value is -3.28. The summed E-state index contributed by atoms with van der Waals surface area (Å²) >= 11 is 0. The molecule has 138 valence electrons. The number of carbonyl (C=O) groups excluding carboxylic acids is 2. The number of anilines is 1. The first-order valence-corrected chi connectivity index (χ1v) is 8.54. The standard InChI is InChI=1S/C21H19FN2O3/c1-14(25)24(13-11-16-6-8-17(9-7-16)27-15(2)26)20-10-12-23-21-18(20)4-3-5-19(21)22/h3-10,12H,11,13H2,1-2H3. The quantitative estimate of drug-likeness (QED) is 0.508. The van der Waals surface area contributed by atoms with Crippen LogP contribution in [0.4, 0.5) is 10.1 Å². The van der Waals surface area contributed by atoms with E-state index >= 15 is 0 Å². The van der Waals surface area contributed by atoms with Gasteiger partial charge in [-0.3, -0.25) is 14.6 Å². The average Bonchev–Trinajstić information content (AvgIpc) is 2.63. The van der Waals surface area contributed by atoms with E-state index in [2.05, 4.69) is 4.98 Å². The fourth-order valence-corrected chi connectivity index (χ4v) is 2.94. The molecular weight excluding hydrogens is 347 g/mol. The van der Waals surface area contributed by atoms with Crippen LogP contribution in [0.5, 0.6) is 5.75 Å². The van der Waals surface area contributed by atoms with Crippen LogP contribution in [0.15, 0.2) is 54.7 Å². The Bertz CT molecular complexity index is 986. The van der Waals surface area contributed by atoms with Gasteiger partial charge in [-0.15, -0.1) is 0 Å². The van der Waals surface area contributed by atoms with Crippen molar-refractivity contribution in [2.24, 2.45) is 0 Å². The lowest BCUT2D eigenvalue weighted by molar-refractivity contribution is -0.131. The van der Waals surface area contributed by atoms with Crippen LogP contribution in [0.3, 0.4) is 0 Å². The van der Waals surface area contributed by atoms with Crippen LogP contribution in [-0.2, 0) is 16.0 Å². The van der Waals surface area contributed by atoms with Gasteiger partial charge in [0, 0.05) is 32.0 Å². The number of para-hydroxylation sites is 1. The molecule has 0 fully saturated rings. The molecule has 1 amide bonds. The maximum absolute atomic E-state index is 14.0. The minimum Gasteiger partial charge on any atom is -0.427 e. The van der Waals surface area contributed by atoms with Gasteiger partial charge in [-0.25, -0.2) is 4.39 Å². The average molecular weight is 366 g/mol. The van der Waals surface area contributed by atoms with Gasteiger partial charge in [-0.1, -0.05) is 24.3 Å². The SMILES string of the molecule is CC(=O)Oc1ccc(CCN(C(C)=O)c2ccnc3c(F)cccc23)cc1. The van der Waals surface area contributed by atoms with Gasteiger partial charge < -0.3 is 9.64 Å². The normalized spacial score (nSPS) is 10.6. The smallest absolute Gasteiger partial charge is 0.308 e. The lowest BCUT2D eigenvalue weighted by Gasteiger charge is -2.23. The van der Waals surface area contributed by atoms with E-state index in [0.29, 0.717) is 29.8 Å². The number of halogens is 1. The molecule has 1 heterocycles. The summed E-state index contributed by atoms with van der Waals surface area (Å²) in [7, 11) is 0. The predicted molar refractivity (Wildman–Crippen MR) is 101 cm³/mol. The van der Waals surface area contributed by atoms with Gasteiger partial charge >= 0.3 is 5.97 Å². The van der Waals surface area contributed by atoms with Crippen LogP contribution in [-0.4, -0.2) is 23.4 Å². The molecule has 0 saturated heterocycles. The summed E-state index contributed by atoms with van der Waals surface area (Å²) in [6.45, 7) is 3.26. The number of hydrogen-bond donors (Lipinski definition) is 0. The van der Waals surface area contributed by atoms with Gasteiger partial charge in [-0.05, 0) is 36.2 Å². The molecule has 0 N–H and O–H groups in total. The van der Waals surface area contributed by atoms with Crippen LogP contribution < -0.4 is 9.64 Å². The Balaban J connectivity index is 1.82. The van der Waals surface area contributed by atoms with E-state index < -0.39 is 5.82 Å². The number of amides is 1. The van der Waals surface area contributed by atoms with Gasteiger partial charge in [0.25, 0.3) is 0 Å². The minimum absolute atomic E-state index is 0.136. The zero-order valence-electron chi connectivity index (χ0n) is 15.1. The summed E-state index contributed by atoms with van der Waals surface area (Å²) in [4.78, 5) is 28.9. The molecule has 0 unspecified atom stereocenters. The van der Waals surface area contributed by atoms with Gasteiger partial charge in [-0.2, -0.15) is 0 Å². The van der Waals surface area contributed by atoms with E-state index in [1.807, 2.05) is 12.1 Å². The number of aromatic nitrogens is 1. The molecule has 0 aliphatic rings. The molecule has 27 heavy (non-hydrogen) atoms. The molecule has 0 aliphatic carbocycles. The molecule has 0 spiro atoms. The first kappa shape index (κ1) is 18.5. The first-order chi connectivity index (χ1) is 13.0. The molecule has 0 atom stereocenters. The molecule has 0 saturated carbocycles. The van der Waals surface area contributed by atoms with Crippen LogP contribution in [0.2, 0.25) is 0 Å². The number of carbonyl (C=O) groups is 2. The number of ether oxygens (including phenoxy) is 1. The number of fused-ring (bicyclic) bond motifs is 1. The minimum atomic E-state index is -0.418.